The summed E-state index contributed by atoms with van der Waals surface area (Å²) < 4.78 is 42.7. The van der Waals surface area contributed by atoms with E-state index in [9.17, 15) is 23.1 Å². The molecule has 1 aromatic carbocycles. The monoisotopic (exact) mass is 339 g/mol. The molecule has 1 aromatic heterocycles. The number of benzene rings is 1. The summed E-state index contributed by atoms with van der Waals surface area (Å²) in [6.45, 7) is 1.27. The van der Waals surface area contributed by atoms with Crippen molar-refractivity contribution in [3.05, 3.63) is 65.6 Å². The number of amides is 1. The second-order valence-electron chi connectivity index (χ2n) is 5.16. The van der Waals surface area contributed by atoms with Crippen LogP contribution in [0, 0.1) is 0 Å². The van der Waals surface area contributed by atoms with Crippen LogP contribution in [-0.2, 0) is 11.0 Å². The Kier molecular flexibility index (Phi) is 5.46. The van der Waals surface area contributed by atoms with E-state index in [4.69, 9.17) is 4.42 Å². The summed E-state index contributed by atoms with van der Waals surface area (Å²) in [4.78, 5) is 12.0. The average Bonchev–Trinajstić information content (AvgIpc) is 3.06. The first-order valence-electron chi connectivity index (χ1n) is 7.12. The number of carbonyl (C=O) groups is 1. The van der Waals surface area contributed by atoms with Gasteiger partial charge < -0.3 is 14.8 Å². The number of aliphatic hydroxyl groups excluding tert-OH is 1. The number of hydrogen-bond acceptors (Lipinski definition) is 3. The van der Waals surface area contributed by atoms with Gasteiger partial charge in [-0.05, 0) is 42.3 Å². The van der Waals surface area contributed by atoms with Crippen molar-refractivity contribution in [2.45, 2.75) is 19.1 Å². The van der Waals surface area contributed by atoms with Crippen molar-refractivity contribution in [2.75, 3.05) is 6.61 Å². The van der Waals surface area contributed by atoms with E-state index in [1.54, 1.807) is 19.1 Å². The van der Waals surface area contributed by atoms with Crippen LogP contribution in [0.3, 0.4) is 0 Å². The molecule has 1 unspecified atom stereocenters. The highest BCUT2D eigenvalue weighted by molar-refractivity contribution is 5.95. The number of alkyl halides is 3. The highest BCUT2D eigenvalue weighted by Crippen LogP contribution is 2.30. The fourth-order valence-corrected chi connectivity index (χ4v) is 2.11. The van der Waals surface area contributed by atoms with Crippen molar-refractivity contribution >= 4 is 11.5 Å². The van der Waals surface area contributed by atoms with Crippen LogP contribution in [0.5, 0.6) is 0 Å². The minimum atomic E-state index is -4.40. The van der Waals surface area contributed by atoms with Gasteiger partial charge in [-0.25, -0.2) is 0 Å². The van der Waals surface area contributed by atoms with Gasteiger partial charge in [0.25, 0.3) is 0 Å². The summed E-state index contributed by atoms with van der Waals surface area (Å²) in [7, 11) is 0. The molecule has 2 N–H and O–H groups in total. The first-order valence-corrected chi connectivity index (χ1v) is 7.12. The molecule has 0 saturated heterocycles. The number of halogens is 3. The summed E-state index contributed by atoms with van der Waals surface area (Å²) in [5.41, 5.74) is 0.246. The van der Waals surface area contributed by atoms with Gasteiger partial charge in [-0.1, -0.05) is 12.1 Å². The molecule has 0 radical (unpaired) electrons. The number of nitrogens with one attached hydrogen (secondary N) is 1. The Balaban J connectivity index is 2.08. The molecule has 128 valence electrons. The van der Waals surface area contributed by atoms with Crippen molar-refractivity contribution < 1.29 is 27.5 Å². The first kappa shape index (κ1) is 17.8. The lowest BCUT2D eigenvalue weighted by atomic mass is 10.0. The summed E-state index contributed by atoms with van der Waals surface area (Å²) in [6.07, 6.45) is -1.72. The minimum Gasteiger partial charge on any atom is -0.467 e. The summed E-state index contributed by atoms with van der Waals surface area (Å²) in [5.74, 6) is -0.0747. The average molecular weight is 339 g/mol. The zero-order chi connectivity index (χ0) is 17.7. The molecule has 4 nitrogen and oxygen atoms in total. The Bertz CT molecular complexity index is 704. The van der Waals surface area contributed by atoms with E-state index in [0.29, 0.717) is 16.9 Å². The minimum absolute atomic E-state index is 0.341. The molecule has 0 aliphatic carbocycles. The van der Waals surface area contributed by atoms with Crippen molar-refractivity contribution in [1.29, 1.82) is 0 Å². The summed E-state index contributed by atoms with van der Waals surface area (Å²) >= 11 is 0. The van der Waals surface area contributed by atoms with Gasteiger partial charge in [-0.3, -0.25) is 4.79 Å². The van der Waals surface area contributed by atoms with Gasteiger partial charge >= 0.3 is 6.18 Å². The predicted octanol–water partition coefficient (Wildman–Crippen LogP) is 3.55. The molecule has 0 spiro atoms. The molecule has 0 fully saturated rings. The topological polar surface area (TPSA) is 62.5 Å². The van der Waals surface area contributed by atoms with Gasteiger partial charge in [0.1, 0.15) is 11.8 Å². The van der Waals surface area contributed by atoms with E-state index >= 15 is 0 Å². The molecule has 0 aliphatic rings. The van der Waals surface area contributed by atoms with Crippen molar-refractivity contribution in [3.8, 4) is 0 Å². The van der Waals surface area contributed by atoms with Gasteiger partial charge in [0.2, 0.25) is 5.91 Å². The Morgan fingerprint density at radius 2 is 1.96 bits per heavy atom. The number of aliphatic hydroxyl groups is 1. The Labute approximate surface area is 136 Å². The summed E-state index contributed by atoms with van der Waals surface area (Å²) in [5, 5.41) is 11.9. The van der Waals surface area contributed by atoms with E-state index in [-0.39, 0.29) is 6.61 Å². The number of furan rings is 1. The number of rotatable bonds is 5. The van der Waals surface area contributed by atoms with Gasteiger partial charge in [0, 0.05) is 6.08 Å². The largest absolute Gasteiger partial charge is 0.467 e. The second kappa shape index (κ2) is 7.35. The molecule has 1 atom stereocenters. The van der Waals surface area contributed by atoms with E-state index in [1.807, 2.05) is 0 Å². The fraction of sp³-hybridized carbons (Fsp3) is 0.235. The molecule has 0 bridgehead atoms. The molecule has 0 saturated carbocycles. The Hall–Kier alpha value is -2.54. The molecule has 1 heterocycles. The van der Waals surface area contributed by atoms with E-state index < -0.39 is 23.7 Å². The molecular formula is C17H16F3NO3. The Morgan fingerprint density at radius 3 is 2.46 bits per heavy atom. The third-order valence-corrected chi connectivity index (χ3v) is 3.40. The van der Waals surface area contributed by atoms with Gasteiger partial charge in [0.15, 0.2) is 0 Å². The van der Waals surface area contributed by atoms with Crippen LogP contribution in [-0.4, -0.2) is 17.6 Å². The lowest BCUT2D eigenvalue weighted by Crippen LogP contribution is -2.29. The zero-order valence-corrected chi connectivity index (χ0v) is 12.8. The van der Waals surface area contributed by atoms with Crippen LogP contribution >= 0.6 is 0 Å². The maximum atomic E-state index is 12.5. The van der Waals surface area contributed by atoms with Crippen LogP contribution in [0.25, 0.3) is 5.57 Å². The van der Waals surface area contributed by atoms with Crippen LogP contribution in [0.4, 0.5) is 13.2 Å². The highest BCUT2D eigenvalue weighted by Gasteiger charge is 2.29. The molecule has 0 aliphatic heterocycles. The molecule has 2 aromatic rings. The van der Waals surface area contributed by atoms with Crippen LogP contribution in [0.15, 0.2) is 53.2 Å². The normalized spacial score (nSPS) is 13.6. The van der Waals surface area contributed by atoms with E-state index in [2.05, 4.69) is 5.32 Å². The number of carbonyl (C=O) groups excluding carboxylic acids is 1. The standard InChI is InChI=1S/C17H16F3NO3/c1-11(12-4-6-13(7-5-12)17(18,19)20)9-16(23)21-14(10-22)15-3-2-8-24-15/h2-9,14,22H,10H2,1H3,(H,21,23)/b11-9-. The SMILES string of the molecule is C/C(=C/C(=O)NC(CO)c1ccco1)c1ccc(C(F)(F)F)cc1. The molecular weight excluding hydrogens is 323 g/mol. The van der Waals surface area contributed by atoms with E-state index in [0.717, 1.165) is 12.1 Å². The predicted molar refractivity (Wildman–Crippen MR) is 81.8 cm³/mol. The Morgan fingerprint density at radius 1 is 1.29 bits per heavy atom. The van der Waals surface area contributed by atoms with Crippen LogP contribution < -0.4 is 5.32 Å². The third-order valence-electron chi connectivity index (χ3n) is 3.40. The van der Waals surface area contributed by atoms with Crippen molar-refractivity contribution in [1.82, 2.24) is 5.32 Å². The van der Waals surface area contributed by atoms with Gasteiger partial charge in [-0.2, -0.15) is 13.2 Å². The van der Waals surface area contributed by atoms with E-state index in [1.165, 1.54) is 24.5 Å². The fourth-order valence-electron chi connectivity index (χ4n) is 2.11. The molecule has 1 amide bonds. The van der Waals surface area contributed by atoms with Crippen molar-refractivity contribution in [3.63, 3.8) is 0 Å². The molecule has 24 heavy (non-hydrogen) atoms. The summed E-state index contributed by atoms with van der Waals surface area (Å²) in [6, 6.07) is 7.09. The first-order chi connectivity index (χ1) is 11.3. The third kappa shape index (κ3) is 4.48. The maximum Gasteiger partial charge on any atom is 0.416 e. The quantitative estimate of drug-likeness (QED) is 0.819. The lowest BCUT2D eigenvalue weighted by molar-refractivity contribution is -0.137. The second-order valence-corrected chi connectivity index (χ2v) is 5.16. The molecule has 2 rings (SSSR count). The number of allylic oxidation sites excluding steroid dienone is 1. The van der Waals surface area contributed by atoms with Crippen LogP contribution in [0.1, 0.15) is 29.9 Å². The van der Waals surface area contributed by atoms with Gasteiger partial charge in [-0.15, -0.1) is 0 Å². The zero-order valence-electron chi connectivity index (χ0n) is 12.8. The number of hydrogen-bond donors (Lipinski definition) is 2. The smallest absolute Gasteiger partial charge is 0.416 e. The molecule has 7 heteroatoms. The van der Waals surface area contributed by atoms with Crippen molar-refractivity contribution in [2.24, 2.45) is 0 Å². The maximum absolute atomic E-state index is 12.5. The highest BCUT2D eigenvalue weighted by atomic mass is 19.4. The van der Waals surface area contributed by atoms with Crippen LogP contribution in [0.2, 0.25) is 0 Å². The van der Waals surface area contributed by atoms with Gasteiger partial charge in [0.05, 0.1) is 18.4 Å². The lowest BCUT2D eigenvalue weighted by Gasteiger charge is -2.13.